The number of carbonyl (C=O) groups is 3. The van der Waals surface area contributed by atoms with E-state index in [0.717, 1.165) is 10.0 Å². The lowest BCUT2D eigenvalue weighted by atomic mass is 9.73. The van der Waals surface area contributed by atoms with Crippen LogP contribution in [0.3, 0.4) is 0 Å². The van der Waals surface area contributed by atoms with Gasteiger partial charge in [0.15, 0.2) is 0 Å². The first kappa shape index (κ1) is 35.3. The van der Waals surface area contributed by atoms with E-state index < -0.39 is 18.2 Å². The molecule has 5 rings (SSSR count). The molecule has 0 saturated heterocycles. The van der Waals surface area contributed by atoms with Crippen LogP contribution < -0.4 is 10.6 Å². The van der Waals surface area contributed by atoms with Crippen molar-refractivity contribution in [3.63, 3.8) is 0 Å². The van der Waals surface area contributed by atoms with E-state index in [1.54, 1.807) is 47.6 Å². The van der Waals surface area contributed by atoms with Crippen LogP contribution in [0.2, 0.25) is 0 Å². The minimum absolute atomic E-state index is 0.0845. The fraction of sp³-hybridized carbons (Fsp3) is 0.273. The highest BCUT2D eigenvalue weighted by molar-refractivity contribution is 9.10. The minimum Gasteiger partial charge on any atom is -0.475 e. The van der Waals surface area contributed by atoms with E-state index in [-0.39, 0.29) is 47.9 Å². The average molecular weight is 722 g/mol. The summed E-state index contributed by atoms with van der Waals surface area (Å²) in [5.74, 6) is -4.25. The first-order valence-electron chi connectivity index (χ1n) is 14.4. The van der Waals surface area contributed by atoms with Crippen molar-refractivity contribution in [3.05, 3.63) is 124 Å². The van der Waals surface area contributed by atoms with E-state index in [1.165, 1.54) is 24.3 Å². The van der Waals surface area contributed by atoms with Gasteiger partial charge in [-0.15, -0.1) is 0 Å². The van der Waals surface area contributed by atoms with Crippen molar-refractivity contribution in [2.75, 3.05) is 0 Å². The molecule has 1 aliphatic rings. The second kappa shape index (κ2) is 15.8. The van der Waals surface area contributed by atoms with E-state index in [4.69, 9.17) is 9.90 Å². The van der Waals surface area contributed by atoms with Crippen LogP contribution in [0, 0.1) is 17.6 Å². The van der Waals surface area contributed by atoms with Crippen LogP contribution in [0.25, 0.3) is 0 Å². The number of aliphatic carboxylic acids is 1. The maximum atomic E-state index is 13.9. The molecule has 1 heterocycles. The number of amides is 2. The Morgan fingerprint density at radius 3 is 1.96 bits per heavy atom. The molecule has 3 aromatic carbocycles. The average Bonchev–Trinajstić information content (AvgIpc) is 3.54. The summed E-state index contributed by atoms with van der Waals surface area (Å²) in [4.78, 5) is 39.5. The lowest BCUT2D eigenvalue weighted by molar-refractivity contribution is -0.192. The summed E-state index contributed by atoms with van der Waals surface area (Å²) in [6.07, 6.45) is 1.72. The van der Waals surface area contributed by atoms with E-state index in [1.807, 2.05) is 24.3 Å². The highest BCUT2D eigenvalue weighted by atomic mass is 79.9. The Bertz CT molecular complexity index is 1590. The Kier molecular flexibility index (Phi) is 11.9. The molecule has 1 aliphatic carbocycles. The number of benzene rings is 3. The van der Waals surface area contributed by atoms with Gasteiger partial charge in [-0.3, -0.25) is 9.59 Å². The van der Waals surface area contributed by atoms with Crippen molar-refractivity contribution >= 4 is 33.7 Å². The van der Waals surface area contributed by atoms with Gasteiger partial charge in [-0.1, -0.05) is 52.3 Å². The van der Waals surface area contributed by atoms with Crippen molar-refractivity contribution in [3.8, 4) is 0 Å². The highest BCUT2D eigenvalue weighted by Crippen LogP contribution is 2.39. The van der Waals surface area contributed by atoms with Crippen molar-refractivity contribution in [2.24, 2.45) is 5.92 Å². The summed E-state index contributed by atoms with van der Waals surface area (Å²) in [7, 11) is 0. The largest absolute Gasteiger partial charge is 0.490 e. The molecule has 0 bridgehead atoms. The molecule has 0 aliphatic heterocycles. The maximum absolute atomic E-state index is 13.9. The van der Waals surface area contributed by atoms with Crippen molar-refractivity contribution < 1.29 is 41.4 Å². The molecular weight excluding hydrogens is 691 g/mol. The number of hydrogen-bond acceptors (Lipinski definition) is 4. The molecule has 47 heavy (non-hydrogen) atoms. The Morgan fingerprint density at radius 2 is 1.47 bits per heavy atom. The molecule has 1 aromatic heterocycles. The van der Waals surface area contributed by atoms with Gasteiger partial charge < -0.3 is 20.3 Å². The van der Waals surface area contributed by atoms with Crippen LogP contribution >= 0.6 is 15.9 Å². The second-order valence-corrected chi connectivity index (χ2v) is 11.8. The van der Waals surface area contributed by atoms with E-state index >= 15 is 0 Å². The monoisotopic (exact) mass is 720 g/mol. The molecule has 4 aromatic rings. The summed E-state index contributed by atoms with van der Waals surface area (Å²) in [5.41, 5.74) is 2.40. The maximum Gasteiger partial charge on any atom is 0.490 e. The standard InChI is InChI=1S/C31H29BrF2N4O2.C2HF3O2/c32-23-7-1-20(2-8-23)28-17-26(36-29(39)18-38-16-15-35-19-38)13-14-27(28)31(40)37-30(21-3-9-24(33)10-4-21)22-5-11-25(34)12-6-22;3-2(4,5)1(6)7/h1-12,15-16,19,26-28,30H,13-14,17-18H2,(H,36,39)(H,37,40);(H,6,7)/t26-,27-,28+;/m1./s1. The minimum atomic E-state index is -5.08. The first-order chi connectivity index (χ1) is 22.3. The number of rotatable bonds is 8. The molecule has 1 fully saturated rings. The van der Waals surface area contributed by atoms with E-state index in [0.29, 0.717) is 30.4 Å². The number of imidazole rings is 1. The molecule has 14 heteroatoms. The van der Waals surface area contributed by atoms with E-state index in [2.05, 4.69) is 31.5 Å². The summed E-state index contributed by atoms with van der Waals surface area (Å²) in [6, 6.07) is 19.1. The fourth-order valence-electron chi connectivity index (χ4n) is 5.43. The lowest BCUT2D eigenvalue weighted by Gasteiger charge is -2.37. The molecule has 3 atom stereocenters. The van der Waals surface area contributed by atoms with Gasteiger partial charge in [-0.05, 0) is 78.3 Å². The first-order valence-corrected chi connectivity index (χ1v) is 15.2. The summed E-state index contributed by atoms with van der Waals surface area (Å²) >= 11 is 3.48. The Hall–Kier alpha value is -4.59. The fourth-order valence-corrected chi connectivity index (χ4v) is 5.70. The Balaban J connectivity index is 0.000000644. The van der Waals surface area contributed by atoms with Crippen LogP contribution in [0.1, 0.15) is 47.9 Å². The Labute approximate surface area is 275 Å². The van der Waals surface area contributed by atoms with Crippen LogP contribution in [0.5, 0.6) is 0 Å². The number of nitrogens with one attached hydrogen (secondary N) is 2. The topological polar surface area (TPSA) is 113 Å². The number of aromatic nitrogens is 2. The zero-order valence-corrected chi connectivity index (χ0v) is 26.2. The molecule has 0 unspecified atom stereocenters. The predicted octanol–water partition coefficient (Wildman–Crippen LogP) is 6.53. The third kappa shape index (κ3) is 10.2. The van der Waals surface area contributed by atoms with Crippen LogP contribution in [-0.4, -0.2) is 44.7 Å². The van der Waals surface area contributed by atoms with Gasteiger partial charge in [-0.2, -0.15) is 13.2 Å². The number of hydrogen-bond donors (Lipinski definition) is 3. The summed E-state index contributed by atoms with van der Waals surface area (Å²) in [5, 5.41) is 13.4. The summed E-state index contributed by atoms with van der Waals surface area (Å²) < 4.78 is 61.8. The third-order valence-electron chi connectivity index (χ3n) is 7.67. The number of carboxylic acids is 1. The molecule has 1 saturated carbocycles. The van der Waals surface area contributed by atoms with Gasteiger partial charge in [0.1, 0.15) is 18.2 Å². The van der Waals surface area contributed by atoms with Gasteiger partial charge in [-0.25, -0.2) is 18.6 Å². The highest BCUT2D eigenvalue weighted by Gasteiger charge is 2.39. The SMILES string of the molecule is O=C(Cn1ccnc1)N[C@@H]1CC[C@@H](C(=O)NC(c2ccc(F)cc2)c2ccc(F)cc2)[C@H](c2ccc(Br)cc2)C1.O=C(O)C(F)(F)F. The van der Waals surface area contributed by atoms with Gasteiger partial charge >= 0.3 is 12.1 Å². The lowest BCUT2D eigenvalue weighted by Crippen LogP contribution is -2.45. The van der Waals surface area contributed by atoms with Gasteiger partial charge in [0.05, 0.1) is 12.4 Å². The number of nitrogens with zero attached hydrogens (tertiary/aromatic N) is 2. The molecule has 2 amide bonds. The molecule has 0 radical (unpaired) electrons. The zero-order chi connectivity index (χ0) is 34.1. The quantitative estimate of drug-likeness (QED) is 0.179. The van der Waals surface area contributed by atoms with Crippen molar-refractivity contribution in [1.82, 2.24) is 20.2 Å². The van der Waals surface area contributed by atoms with Crippen molar-refractivity contribution in [2.45, 2.75) is 50.0 Å². The third-order valence-corrected chi connectivity index (χ3v) is 8.20. The second-order valence-electron chi connectivity index (χ2n) is 10.9. The van der Waals surface area contributed by atoms with Gasteiger partial charge in [0.25, 0.3) is 0 Å². The molecular formula is C33H30BrF5N4O4. The van der Waals surface area contributed by atoms with Gasteiger partial charge in [0, 0.05) is 28.8 Å². The summed E-state index contributed by atoms with van der Waals surface area (Å²) in [6.45, 7) is 0.181. The van der Waals surface area contributed by atoms with E-state index in [9.17, 15) is 31.5 Å². The van der Waals surface area contributed by atoms with Crippen LogP contribution in [0.15, 0.2) is 96.0 Å². The number of carboxylic acid groups (broad SMARTS) is 1. The smallest absolute Gasteiger partial charge is 0.475 e. The van der Waals surface area contributed by atoms with Crippen molar-refractivity contribution in [1.29, 1.82) is 0 Å². The Morgan fingerprint density at radius 1 is 0.915 bits per heavy atom. The van der Waals surface area contributed by atoms with Crippen LogP contribution in [-0.2, 0) is 20.9 Å². The molecule has 3 N–H and O–H groups in total. The molecule has 248 valence electrons. The predicted molar refractivity (Wildman–Crippen MR) is 165 cm³/mol. The normalized spacial score (nSPS) is 17.7. The molecule has 8 nitrogen and oxygen atoms in total. The zero-order valence-electron chi connectivity index (χ0n) is 24.6. The molecule has 0 spiro atoms. The number of halogens is 6. The number of alkyl halides is 3. The van der Waals surface area contributed by atoms with Gasteiger partial charge in [0.2, 0.25) is 11.8 Å². The van der Waals surface area contributed by atoms with Crippen LogP contribution in [0.4, 0.5) is 22.0 Å². The number of carbonyl (C=O) groups excluding carboxylic acids is 2.